The molecule has 0 fully saturated rings. The Balaban J connectivity index is 2.16. The first-order valence-corrected chi connectivity index (χ1v) is 7.97. The Labute approximate surface area is 137 Å². The minimum Gasteiger partial charge on any atom is -0.479 e. The summed E-state index contributed by atoms with van der Waals surface area (Å²) in [4.78, 5) is 28.1. The number of amides is 1. The van der Waals surface area contributed by atoms with Crippen LogP contribution in [0.2, 0.25) is 0 Å². The number of aromatic nitrogens is 1. The smallest absolute Gasteiger partial charge is 0.333 e. The summed E-state index contributed by atoms with van der Waals surface area (Å²) in [5.74, 6) is -2.14. The summed E-state index contributed by atoms with van der Waals surface area (Å²) in [5, 5.41) is 14.7. The molecule has 1 amide bonds. The summed E-state index contributed by atoms with van der Waals surface area (Å²) in [7, 11) is 0. The van der Waals surface area contributed by atoms with E-state index in [1.807, 2.05) is 6.92 Å². The molecule has 1 atom stereocenters. The van der Waals surface area contributed by atoms with Crippen molar-refractivity contribution in [1.29, 1.82) is 0 Å². The van der Waals surface area contributed by atoms with Crippen LogP contribution in [0.5, 0.6) is 0 Å². The van der Waals surface area contributed by atoms with Gasteiger partial charge in [-0.3, -0.25) is 4.79 Å². The van der Waals surface area contributed by atoms with E-state index >= 15 is 0 Å². The van der Waals surface area contributed by atoms with Crippen LogP contribution in [0.15, 0.2) is 29.6 Å². The van der Waals surface area contributed by atoms with Crippen LogP contribution in [0.4, 0.5) is 4.39 Å². The number of benzene rings is 1. The average molecular weight is 336 g/mol. The third-order valence-electron chi connectivity index (χ3n) is 3.48. The highest BCUT2D eigenvalue weighted by Crippen LogP contribution is 2.22. The summed E-state index contributed by atoms with van der Waals surface area (Å²) < 4.78 is 13.0. The highest BCUT2D eigenvalue weighted by Gasteiger charge is 2.36. The van der Waals surface area contributed by atoms with E-state index in [2.05, 4.69) is 10.3 Å². The molecule has 7 heteroatoms. The Morgan fingerprint density at radius 3 is 2.52 bits per heavy atom. The molecule has 1 unspecified atom stereocenters. The molecule has 0 aliphatic carbocycles. The Kier molecular flexibility index (Phi) is 5.10. The van der Waals surface area contributed by atoms with E-state index in [0.717, 1.165) is 23.6 Å². The lowest BCUT2D eigenvalue weighted by molar-refractivity contribution is -0.147. The van der Waals surface area contributed by atoms with E-state index in [4.69, 9.17) is 0 Å². The highest BCUT2D eigenvalue weighted by atomic mass is 32.1. The monoisotopic (exact) mass is 336 g/mol. The van der Waals surface area contributed by atoms with Crippen LogP contribution in [0.25, 0.3) is 0 Å². The number of carboxylic acid groups (broad SMARTS) is 1. The molecule has 0 saturated heterocycles. The summed E-state index contributed by atoms with van der Waals surface area (Å²) in [6, 6.07) is 5.02. The second-order valence-electron chi connectivity index (χ2n) is 5.25. The van der Waals surface area contributed by atoms with Crippen LogP contribution in [0.1, 0.15) is 30.1 Å². The Morgan fingerprint density at radius 2 is 2.00 bits per heavy atom. The van der Waals surface area contributed by atoms with Crippen LogP contribution < -0.4 is 5.32 Å². The van der Waals surface area contributed by atoms with E-state index in [1.165, 1.54) is 30.4 Å². The van der Waals surface area contributed by atoms with Crippen molar-refractivity contribution < 1.29 is 19.1 Å². The molecule has 0 aliphatic rings. The SMILES string of the molecule is CCc1nc(CC(=O)NC(C)(C(=O)O)c2ccc(F)cc2)cs1. The van der Waals surface area contributed by atoms with Crippen LogP contribution in [0, 0.1) is 5.82 Å². The lowest BCUT2D eigenvalue weighted by Crippen LogP contribution is -2.50. The number of aryl methyl sites for hydroxylation is 1. The minimum absolute atomic E-state index is 0.000560. The van der Waals surface area contributed by atoms with Crippen LogP contribution in [0.3, 0.4) is 0 Å². The van der Waals surface area contributed by atoms with Crippen molar-refractivity contribution in [2.75, 3.05) is 0 Å². The zero-order chi connectivity index (χ0) is 17.0. The first-order valence-electron chi connectivity index (χ1n) is 7.09. The molecule has 2 rings (SSSR count). The Bertz CT molecular complexity index is 714. The van der Waals surface area contributed by atoms with Gasteiger partial charge >= 0.3 is 5.97 Å². The third kappa shape index (κ3) is 3.92. The number of carboxylic acids is 1. The summed E-state index contributed by atoms with van der Waals surface area (Å²) in [6.45, 7) is 3.34. The number of aliphatic carboxylic acids is 1. The van der Waals surface area contributed by atoms with Crippen LogP contribution in [-0.4, -0.2) is 22.0 Å². The molecule has 122 valence electrons. The van der Waals surface area contributed by atoms with Gasteiger partial charge in [0.1, 0.15) is 5.82 Å². The first kappa shape index (κ1) is 17.1. The molecular formula is C16H17FN2O3S. The van der Waals surface area contributed by atoms with Crippen molar-refractivity contribution in [3.05, 3.63) is 51.7 Å². The molecule has 0 radical (unpaired) electrons. The van der Waals surface area contributed by atoms with E-state index in [1.54, 1.807) is 5.38 Å². The standard InChI is InChI=1S/C16H17FN2O3S/c1-3-14-18-12(9-23-14)8-13(20)19-16(2,15(21)22)10-4-6-11(17)7-5-10/h4-7,9H,3,8H2,1-2H3,(H,19,20)(H,21,22). The van der Waals surface area contributed by atoms with E-state index in [-0.39, 0.29) is 6.42 Å². The summed E-state index contributed by atoms with van der Waals surface area (Å²) in [5.41, 5.74) is -0.725. The number of hydrogen-bond donors (Lipinski definition) is 2. The maximum atomic E-state index is 13.0. The van der Waals surface area contributed by atoms with Crippen molar-refractivity contribution in [3.8, 4) is 0 Å². The molecule has 0 aliphatic heterocycles. The molecule has 23 heavy (non-hydrogen) atoms. The van der Waals surface area contributed by atoms with Crippen molar-refractivity contribution in [3.63, 3.8) is 0 Å². The number of halogens is 1. The molecule has 2 aromatic rings. The molecule has 5 nitrogen and oxygen atoms in total. The fourth-order valence-corrected chi connectivity index (χ4v) is 2.86. The van der Waals surface area contributed by atoms with Gasteiger partial charge in [-0.25, -0.2) is 14.2 Å². The van der Waals surface area contributed by atoms with Gasteiger partial charge in [0.15, 0.2) is 5.54 Å². The normalized spacial score (nSPS) is 13.3. The zero-order valence-corrected chi connectivity index (χ0v) is 13.6. The zero-order valence-electron chi connectivity index (χ0n) is 12.8. The molecule has 1 aromatic heterocycles. The van der Waals surface area contributed by atoms with Gasteiger partial charge in [-0.05, 0) is 31.0 Å². The molecule has 0 saturated carbocycles. The van der Waals surface area contributed by atoms with E-state index in [9.17, 15) is 19.1 Å². The summed E-state index contributed by atoms with van der Waals surface area (Å²) in [6.07, 6.45) is 0.787. The van der Waals surface area contributed by atoms with Crippen molar-refractivity contribution in [2.24, 2.45) is 0 Å². The molecule has 1 heterocycles. The van der Waals surface area contributed by atoms with Gasteiger partial charge in [0.25, 0.3) is 0 Å². The molecule has 1 aromatic carbocycles. The van der Waals surface area contributed by atoms with Crippen molar-refractivity contribution in [1.82, 2.24) is 10.3 Å². The van der Waals surface area contributed by atoms with Gasteiger partial charge < -0.3 is 10.4 Å². The Morgan fingerprint density at radius 1 is 1.35 bits per heavy atom. The molecule has 0 bridgehead atoms. The fourth-order valence-electron chi connectivity index (χ4n) is 2.11. The van der Waals surface area contributed by atoms with Crippen molar-refractivity contribution in [2.45, 2.75) is 32.2 Å². The van der Waals surface area contributed by atoms with Gasteiger partial charge in [-0.1, -0.05) is 19.1 Å². The lowest BCUT2D eigenvalue weighted by Gasteiger charge is -2.26. The van der Waals surface area contributed by atoms with Gasteiger partial charge in [0.05, 0.1) is 17.1 Å². The minimum atomic E-state index is -1.63. The van der Waals surface area contributed by atoms with Gasteiger partial charge in [-0.2, -0.15) is 0 Å². The van der Waals surface area contributed by atoms with Crippen LogP contribution >= 0.6 is 11.3 Å². The average Bonchev–Trinajstić information content (AvgIpc) is 2.94. The number of thiazole rings is 1. The fraction of sp³-hybridized carbons (Fsp3) is 0.312. The second kappa shape index (κ2) is 6.87. The number of hydrogen-bond acceptors (Lipinski definition) is 4. The lowest BCUT2D eigenvalue weighted by atomic mass is 9.91. The number of rotatable bonds is 6. The maximum Gasteiger partial charge on any atom is 0.333 e. The quantitative estimate of drug-likeness (QED) is 0.849. The number of carbonyl (C=O) groups is 2. The van der Waals surface area contributed by atoms with Crippen LogP contribution in [-0.2, 0) is 28.0 Å². The van der Waals surface area contributed by atoms with E-state index in [0.29, 0.717) is 11.3 Å². The molecule has 0 spiro atoms. The van der Waals surface area contributed by atoms with Gasteiger partial charge in [0, 0.05) is 5.38 Å². The largest absolute Gasteiger partial charge is 0.479 e. The Hall–Kier alpha value is -2.28. The van der Waals surface area contributed by atoms with Crippen molar-refractivity contribution >= 4 is 23.2 Å². The van der Waals surface area contributed by atoms with E-state index < -0.39 is 23.2 Å². The molecule has 2 N–H and O–H groups in total. The summed E-state index contributed by atoms with van der Waals surface area (Å²) >= 11 is 1.46. The van der Waals surface area contributed by atoms with Gasteiger partial charge in [0.2, 0.25) is 5.91 Å². The predicted octanol–water partition coefficient (Wildman–Crippen LogP) is 2.50. The third-order valence-corrected chi connectivity index (χ3v) is 4.52. The first-order chi connectivity index (χ1) is 10.8. The second-order valence-corrected chi connectivity index (χ2v) is 6.19. The number of nitrogens with zero attached hydrogens (tertiary/aromatic N) is 1. The maximum absolute atomic E-state index is 13.0. The predicted molar refractivity (Wildman–Crippen MR) is 84.7 cm³/mol. The topological polar surface area (TPSA) is 79.3 Å². The van der Waals surface area contributed by atoms with Gasteiger partial charge in [-0.15, -0.1) is 11.3 Å². The molecular weight excluding hydrogens is 319 g/mol. The highest BCUT2D eigenvalue weighted by molar-refractivity contribution is 7.09. The number of nitrogens with one attached hydrogen (secondary N) is 1. The number of carbonyl (C=O) groups excluding carboxylic acids is 1.